The van der Waals surface area contributed by atoms with Crippen molar-refractivity contribution in [3.05, 3.63) is 5.82 Å². The van der Waals surface area contributed by atoms with E-state index in [1.807, 2.05) is 0 Å². The zero-order valence-corrected chi connectivity index (χ0v) is 24.3. The van der Waals surface area contributed by atoms with Crippen LogP contribution in [0.15, 0.2) is 0 Å². The van der Waals surface area contributed by atoms with Gasteiger partial charge < -0.3 is 29.6 Å². The van der Waals surface area contributed by atoms with E-state index < -0.39 is 18.9 Å². The fourth-order valence-corrected chi connectivity index (χ4v) is 6.69. The quantitative estimate of drug-likeness (QED) is 0.373. The molecule has 2 aliphatic heterocycles. The SMILES string of the molecule is CC1CCC(Cn2c(N3CCN(C(=O)CO)C[C@H]3C)nc3nc(C4NOC(=O)N4)nc(N[C@H](C)C4CCC4)c32)CC1. The van der Waals surface area contributed by atoms with Gasteiger partial charge in [0.25, 0.3) is 0 Å². The highest BCUT2D eigenvalue weighted by Crippen LogP contribution is 2.37. The first-order chi connectivity index (χ1) is 19.8. The van der Waals surface area contributed by atoms with Crippen LogP contribution in [0.1, 0.15) is 77.7 Å². The zero-order valence-electron chi connectivity index (χ0n) is 24.3. The minimum atomic E-state index is -0.674. The summed E-state index contributed by atoms with van der Waals surface area (Å²) in [5.74, 6) is 3.55. The van der Waals surface area contributed by atoms with Gasteiger partial charge in [-0.1, -0.05) is 26.2 Å². The number of aliphatic hydroxyl groups excluding tert-OH is 1. The second kappa shape index (κ2) is 11.6. The van der Waals surface area contributed by atoms with Crippen molar-refractivity contribution in [3.63, 3.8) is 0 Å². The van der Waals surface area contributed by atoms with Crippen molar-refractivity contribution in [2.45, 2.75) is 90.5 Å². The minimum Gasteiger partial charge on any atom is -0.387 e. The van der Waals surface area contributed by atoms with Crippen LogP contribution < -0.4 is 21.0 Å². The maximum Gasteiger partial charge on any atom is 0.427 e. The Morgan fingerprint density at radius 1 is 1.12 bits per heavy atom. The molecule has 4 fully saturated rings. The topological polar surface area (TPSA) is 150 Å². The lowest BCUT2D eigenvalue weighted by atomic mass is 9.80. The molecule has 13 nitrogen and oxygen atoms in total. The Bertz CT molecular complexity index is 1270. The number of nitrogens with zero attached hydrogens (tertiary/aromatic N) is 6. The Labute approximate surface area is 240 Å². The van der Waals surface area contributed by atoms with Gasteiger partial charge in [0.15, 0.2) is 23.5 Å². The molecule has 0 aromatic carbocycles. The Morgan fingerprint density at radius 3 is 2.54 bits per heavy atom. The van der Waals surface area contributed by atoms with Crippen LogP contribution in [0, 0.1) is 17.8 Å². The highest BCUT2D eigenvalue weighted by molar-refractivity contribution is 5.86. The maximum absolute atomic E-state index is 12.2. The van der Waals surface area contributed by atoms with Gasteiger partial charge in [-0.3, -0.25) is 10.1 Å². The molecule has 0 spiro atoms. The monoisotopic (exact) mass is 569 g/mol. The maximum atomic E-state index is 12.2. The molecule has 13 heteroatoms. The van der Waals surface area contributed by atoms with E-state index in [2.05, 4.69) is 46.4 Å². The van der Waals surface area contributed by atoms with E-state index in [-0.39, 0.29) is 18.0 Å². The minimum absolute atomic E-state index is 0.00289. The van der Waals surface area contributed by atoms with E-state index in [1.54, 1.807) is 4.90 Å². The third-order valence-electron chi connectivity index (χ3n) is 9.56. The smallest absolute Gasteiger partial charge is 0.387 e. The Balaban J connectivity index is 1.42. The Morgan fingerprint density at radius 2 is 1.90 bits per heavy atom. The number of hydroxylamine groups is 1. The number of aliphatic hydroxyl groups is 1. The molecule has 6 rings (SSSR count). The van der Waals surface area contributed by atoms with Gasteiger partial charge in [0.2, 0.25) is 11.9 Å². The van der Waals surface area contributed by atoms with Gasteiger partial charge in [-0.15, -0.1) is 5.48 Å². The number of carbonyl (C=O) groups is 2. The second-order valence-electron chi connectivity index (χ2n) is 12.5. The summed E-state index contributed by atoms with van der Waals surface area (Å²) >= 11 is 0. The third kappa shape index (κ3) is 5.66. The summed E-state index contributed by atoms with van der Waals surface area (Å²) in [5.41, 5.74) is 4.13. The number of imidazole rings is 1. The summed E-state index contributed by atoms with van der Waals surface area (Å²) in [7, 11) is 0. The molecule has 2 aliphatic carbocycles. The lowest BCUT2D eigenvalue weighted by molar-refractivity contribution is -0.134. The average Bonchev–Trinajstić information content (AvgIpc) is 3.52. The van der Waals surface area contributed by atoms with Crippen molar-refractivity contribution < 1.29 is 19.5 Å². The van der Waals surface area contributed by atoms with Gasteiger partial charge in [-0.05, 0) is 57.3 Å². The van der Waals surface area contributed by atoms with Gasteiger partial charge in [0.1, 0.15) is 12.1 Å². The van der Waals surface area contributed by atoms with Crippen molar-refractivity contribution in [1.82, 2.24) is 35.2 Å². The second-order valence-corrected chi connectivity index (χ2v) is 12.5. The third-order valence-corrected chi connectivity index (χ3v) is 9.56. The normalized spacial score (nSPS) is 27.9. The summed E-state index contributed by atoms with van der Waals surface area (Å²) in [5, 5.41) is 15.8. The molecule has 2 amide bonds. The predicted octanol–water partition coefficient (Wildman–Crippen LogP) is 2.53. The molecule has 2 saturated carbocycles. The van der Waals surface area contributed by atoms with Crippen LogP contribution in [0.4, 0.5) is 16.6 Å². The highest BCUT2D eigenvalue weighted by Gasteiger charge is 2.34. The average molecular weight is 570 g/mol. The molecule has 2 aromatic rings. The molecule has 2 aromatic heterocycles. The number of piperazine rings is 1. The van der Waals surface area contributed by atoms with E-state index in [0.717, 1.165) is 29.7 Å². The first-order valence-electron chi connectivity index (χ1n) is 15.2. The van der Waals surface area contributed by atoms with Crippen molar-refractivity contribution in [3.8, 4) is 0 Å². The molecule has 4 aliphatic rings. The molecule has 4 N–H and O–H groups in total. The Kier molecular flexibility index (Phi) is 7.90. The standard InChI is InChI=1S/C28H43N9O4/c1-16-7-9-19(10-8-16)14-37-22-23(29-18(3)20-5-4-6-20)30-25(26-33-28(40)41-34-26)31-24(22)32-27(37)36-12-11-35(13-17(36)2)21(39)15-38/h16-20,26,34,38H,4-15H2,1-3H3,(H,33,40)(H,29,30,31)/t16?,17-,18-,19?,26?/m1/s1. The lowest BCUT2D eigenvalue weighted by Crippen LogP contribution is -2.55. The summed E-state index contributed by atoms with van der Waals surface area (Å²) < 4.78 is 2.30. The number of hydrogen-bond donors (Lipinski definition) is 4. The molecule has 0 radical (unpaired) electrons. The summed E-state index contributed by atoms with van der Waals surface area (Å²) in [4.78, 5) is 47.8. The van der Waals surface area contributed by atoms with Crippen LogP contribution >= 0.6 is 0 Å². The molecule has 41 heavy (non-hydrogen) atoms. The molecular formula is C28H43N9O4. The number of fused-ring (bicyclic) bond motifs is 1. The number of amides is 2. The highest BCUT2D eigenvalue weighted by atomic mass is 16.7. The molecule has 4 heterocycles. The molecular weight excluding hydrogens is 526 g/mol. The van der Waals surface area contributed by atoms with Crippen LogP contribution in [0.2, 0.25) is 0 Å². The predicted molar refractivity (Wildman–Crippen MR) is 153 cm³/mol. The molecule has 0 bridgehead atoms. The summed E-state index contributed by atoms with van der Waals surface area (Å²) in [6, 6.07) is 0.231. The first-order valence-corrected chi connectivity index (χ1v) is 15.2. The van der Waals surface area contributed by atoms with E-state index in [4.69, 9.17) is 19.8 Å². The fourth-order valence-electron chi connectivity index (χ4n) is 6.69. The van der Waals surface area contributed by atoms with Crippen molar-refractivity contribution in [1.29, 1.82) is 0 Å². The van der Waals surface area contributed by atoms with E-state index in [0.29, 0.717) is 42.9 Å². The number of aromatic nitrogens is 4. The van der Waals surface area contributed by atoms with Crippen molar-refractivity contribution in [2.75, 3.05) is 36.5 Å². The van der Waals surface area contributed by atoms with Crippen LogP contribution in [-0.2, 0) is 16.2 Å². The number of nitrogens with one attached hydrogen (secondary N) is 3. The van der Waals surface area contributed by atoms with Crippen molar-refractivity contribution >= 4 is 34.9 Å². The van der Waals surface area contributed by atoms with Gasteiger partial charge >= 0.3 is 6.09 Å². The van der Waals surface area contributed by atoms with Gasteiger partial charge in [0.05, 0.1) is 0 Å². The van der Waals surface area contributed by atoms with Gasteiger partial charge in [-0.2, -0.15) is 4.98 Å². The van der Waals surface area contributed by atoms with Crippen LogP contribution in [0.25, 0.3) is 11.2 Å². The van der Waals surface area contributed by atoms with Crippen molar-refractivity contribution in [2.24, 2.45) is 17.8 Å². The molecule has 1 unspecified atom stereocenters. The van der Waals surface area contributed by atoms with Crippen LogP contribution in [0.5, 0.6) is 0 Å². The number of anilines is 2. The number of hydrogen-bond acceptors (Lipinski definition) is 10. The first kappa shape index (κ1) is 28.0. The molecule has 224 valence electrons. The summed E-state index contributed by atoms with van der Waals surface area (Å²) in [6.07, 6.45) is 7.19. The lowest BCUT2D eigenvalue weighted by Gasteiger charge is -2.40. The molecule has 3 atom stereocenters. The summed E-state index contributed by atoms with van der Waals surface area (Å²) in [6.45, 7) is 8.61. The Hall–Kier alpha value is -3.19. The van der Waals surface area contributed by atoms with Crippen LogP contribution in [-0.4, -0.2) is 79.9 Å². The van der Waals surface area contributed by atoms with Gasteiger partial charge in [-0.25, -0.2) is 14.8 Å². The van der Waals surface area contributed by atoms with E-state index in [1.165, 1.54) is 44.9 Å². The van der Waals surface area contributed by atoms with E-state index >= 15 is 0 Å². The number of carbonyl (C=O) groups excluding carboxylic acids is 2. The largest absolute Gasteiger partial charge is 0.427 e. The number of rotatable bonds is 8. The van der Waals surface area contributed by atoms with Gasteiger partial charge in [0, 0.05) is 38.3 Å². The van der Waals surface area contributed by atoms with Crippen LogP contribution in [0.3, 0.4) is 0 Å². The molecule has 2 saturated heterocycles. The van der Waals surface area contributed by atoms with E-state index in [9.17, 15) is 14.7 Å². The zero-order chi connectivity index (χ0) is 28.7. The fraction of sp³-hybridized carbons (Fsp3) is 0.750.